The van der Waals surface area contributed by atoms with Crippen LogP contribution < -0.4 is 4.90 Å². The van der Waals surface area contributed by atoms with E-state index in [9.17, 15) is 0 Å². The molecule has 0 atom stereocenters. The standard InChI is InChI=1S/C10H14ClN/c1-3-9-4-6-10(7-5-9)12(2)8-11/h4-7H,3,8H2,1-2H3. The summed E-state index contributed by atoms with van der Waals surface area (Å²) in [6, 6.07) is 9.00. The molecule has 0 amide bonds. The first kappa shape index (κ1) is 9.40. The van der Waals surface area contributed by atoms with Crippen molar-refractivity contribution in [3.05, 3.63) is 29.8 Å². The van der Waals surface area contributed by atoms with E-state index in [-0.39, 0.29) is 0 Å². The number of aryl methyl sites for hydroxylation is 1. The number of hydrogen-bond acceptors (Lipinski definition) is 1. The Morgan fingerprint density at radius 3 is 2.25 bits per heavy atom. The van der Waals surface area contributed by atoms with E-state index in [1.165, 1.54) is 11.3 Å². The first-order valence-electron chi connectivity index (χ1n) is 4.14. The summed E-state index contributed by atoms with van der Waals surface area (Å²) in [4.78, 5) is 2.00. The molecule has 66 valence electrons. The summed E-state index contributed by atoms with van der Waals surface area (Å²) < 4.78 is 0. The van der Waals surface area contributed by atoms with Crippen LogP contribution in [0.3, 0.4) is 0 Å². The first-order chi connectivity index (χ1) is 5.77. The van der Waals surface area contributed by atoms with E-state index in [0.717, 1.165) is 6.42 Å². The van der Waals surface area contributed by atoms with Gasteiger partial charge in [-0.25, -0.2) is 0 Å². The molecule has 0 aliphatic rings. The molecule has 0 unspecified atom stereocenters. The molecule has 0 spiro atoms. The minimum atomic E-state index is 0.533. The van der Waals surface area contributed by atoms with Crippen LogP contribution in [0.2, 0.25) is 0 Å². The molecule has 0 radical (unpaired) electrons. The SMILES string of the molecule is CCc1ccc(N(C)CCl)cc1. The molecular weight excluding hydrogens is 170 g/mol. The lowest BCUT2D eigenvalue weighted by molar-refractivity contribution is 1.08. The molecule has 0 N–H and O–H groups in total. The van der Waals surface area contributed by atoms with Crippen LogP contribution in [-0.2, 0) is 6.42 Å². The second kappa shape index (κ2) is 4.36. The van der Waals surface area contributed by atoms with E-state index < -0.39 is 0 Å². The van der Waals surface area contributed by atoms with Crippen molar-refractivity contribution in [1.29, 1.82) is 0 Å². The van der Waals surface area contributed by atoms with Crippen LogP contribution in [0, 0.1) is 0 Å². The predicted molar refractivity (Wildman–Crippen MR) is 54.9 cm³/mol. The molecule has 1 aromatic rings. The summed E-state index contributed by atoms with van der Waals surface area (Å²) in [6.45, 7) is 2.15. The van der Waals surface area contributed by atoms with Crippen LogP contribution in [0.25, 0.3) is 0 Å². The largest absolute Gasteiger partial charge is 0.361 e. The van der Waals surface area contributed by atoms with Crippen LogP contribution >= 0.6 is 11.6 Å². The Balaban J connectivity index is 2.77. The van der Waals surface area contributed by atoms with Gasteiger partial charge in [0.25, 0.3) is 0 Å². The highest BCUT2D eigenvalue weighted by Gasteiger charge is 1.96. The molecule has 0 saturated heterocycles. The van der Waals surface area contributed by atoms with Crippen molar-refractivity contribution in [3.8, 4) is 0 Å². The van der Waals surface area contributed by atoms with Gasteiger partial charge in [0, 0.05) is 12.7 Å². The van der Waals surface area contributed by atoms with Crippen LogP contribution in [0.15, 0.2) is 24.3 Å². The molecule has 12 heavy (non-hydrogen) atoms. The maximum Gasteiger partial charge on any atom is 0.0925 e. The summed E-state index contributed by atoms with van der Waals surface area (Å²) >= 11 is 5.69. The van der Waals surface area contributed by atoms with Crippen LogP contribution in [-0.4, -0.2) is 13.1 Å². The van der Waals surface area contributed by atoms with Gasteiger partial charge in [-0.15, -0.1) is 11.6 Å². The van der Waals surface area contributed by atoms with Gasteiger partial charge in [0.2, 0.25) is 0 Å². The highest BCUT2D eigenvalue weighted by atomic mass is 35.5. The molecule has 1 aromatic carbocycles. The maximum absolute atomic E-state index is 5.69. The Kier molecular flexibility index (Phi) is 3.42. The molecule has 0 aliphatic carbocycles. The van der Waals surface area contributed by atoms with Crippen molar-refractivity contribution in [2.24, 2.45) is 0 Å². The molecule has 0 fully saturated rings. The van der Waals surface area contributed by atoms with Crippen LogP contribution in [0.1, 0.15) is 12.5 Å². The third kappa shape index (κ3) is 2.15. The van der Waals surface area contributed by atoms with Gasteiger partial charge in [-0.1, -0.05) is 19.1 Å². The Morgan fingerprint density at radius 1 is 1.25 bits per heavy atom. The molecule has 2 heteroatoms. The molecule has 1 rings (SSSR count). The number of nitrogens with zero attached hydrogens (tertiary/aromatic N) is 1. The Hall–Kier alpha value is -0.690. The molecule has 0 aromatic heterocycles. The molecule has 1 nitrogen and oxygen atoms in total. The van der Waals surface area contributed by atoms with Crippen molar-refractivity contribution >= 4 is 17.3 Å². The topological polar surface area (TPSA) is 3.24 Å². The average Bonchev–Trinajstić information content (AvgIpc) is 2.17. The number of halogens is 1. The highest BCUT2D eigenvalue weighted by Crippen LogP contribution is 2.14. The zero-order valence-electron chi connectivity index (χ0n) is 7.55. The minimum Gasteiger partial charge on any atom is -0.361 e. The smallest absolute Gasteiger partial charge is 0.0925 e. The second-order valence-corrected chi connectivity index (χ2v) is 3.08. The fourth-order valence-electron chi connectivity index (χ4n) is 1.06. The third-order valence-corrected chi connectivity index (χ3v) is 2.32. The summed E-state index contributed by atoms with van der Waals surface area (Å²) in [7, 11) is 1.98. The lowest BCUT2D eigenvalue weighted by atomic mass is 10.1. The van der Waals surface area contributed by atoms with E-state index in [1.54, 1.807) is 0 Å². The lowest BCUT2D eigenvalue weighted by Gasteiger charge is -2.15. The molecule has 0 saturated carbocycles. The number of rotatable bonds is 3. The number of benzene rings is 1. The van der Waals surface area contributed by atoms with Gasteiger partial charge >= 0.3 is 0 Å². The van der Waals surface area contributed by atoms with Gasteiger partial charge in [-0.3, -0.25) is 0 Å². The fourth-order valence-corrected chi connectivity index (χ4v) is 1.19. The van der Waals surface area contributed by atoms with Crippen molar-refractivity contribution in [2.45, 2.75) is 13.3 Å². The van der Waals surface area contributed by atoms with E-state index in [1.807, 2.05) is 11.9 Å². The number of hydrogen-bond donors (Lipinski definition) is 0. The first-order valence-corrected chi connectivity index (χ1v) is 4.67. The van der Waals surface area contributed by atoms with Crippen molar-refractivity contribution in [2.75, 3.05) is 18.0 Å². The van der Waals surface area contributed by atoms with Gasteiger partial charge in [0.1, 0.15) is 0 Å². The van der Waals surface area contributed by atoms with E-state index in [0.29, 0.717) is 6.00 Å². The number of anilines is 1. The summed E-state index contributed by atoms with van der Waals surface area (Å²) in [5, 5.41) is 0. The number of alkyl halides is 1. The normalized spacial score (nSPS) is 9.92. The van der Waals surface area contributed by atoms with Gasteiger partial charge in [0.15, 0.2) is 0 Å². The highest BCUT2D eigenvalue weighted by molar-refractivity contribution is 6.18. The quantitative estimate of drug-likeness (QED) is 0.515. The van der Waals surface area contributed by atoms with Gasteiger partial charge in [-0.2, -0.15) is 0 Å². The third-order valence-electron chi connectivity index (χ3n) is 1.96. The Labute approximate surface area is 79.0 Å². The summed E-state index contributed by atoms with van der Waals surface area (Å²) in [5.41, 5.74) is 2.53. The Morgan fingerprint density at radius 2 is 1.83 bits per heavy atom. The monoisotopic (exact) mass is 183 g/mol. The predicted octanol–water partition coefficient (Wildman–Crippen LogP) is 2.88. The molecule has 0 heterocycles. The van der Waals surface area contributed by atoms with E-state index in [4.69, 9.17) is 11.6 Å². The summed E-state index contributed by atoms with van der Waals surface area (Å²) in [5.74, 6) is 0. The molecular formula is C10H14ClN. The van der Waals surface area contributed by atoms with E-state index in [2.05, 4.69) is 31.2 Å². The van der Waals surface area contributed by atoms with Crippen molar-refractivity contribution in [1.82, 2.24) is 0 Å². The Bertz CT molecular complexity index is 230. The summed E-state index contributed by atoms with van der Waals surface area (Å²) in [6.07, 6.45) is 1.09. The van der Waals surface area contributed by atoms with Crippen LogP contribution in [0.5, 0.6) is 0 Å². The average molecular weight is 184 g/mol. The second-order valence-electron chi connectivity index (χ2n) is 2.84. The van der Waals surface area contributed by atoms with Gasteiger partial charge < -0.3 is 4.90 Å². The van der Waals surface area contributed by atoms with Crippen LogP contribution in [0.4, 0.5) is 5.69 Å². The van der Waals surface area contributed by atoms with Gasteiger partial charge in [0.05, 0.1) is 6.00 Å². The maximum atomic E-state index is 5.69. The molecule has 0 aliphatic heterocycles. The van der Waals surface area contributed by atoms with Crippen molar-refractivity contribution in [3.63, 3.8) is 0 Å². The zero-order chi connectivity index (χ0) is 8.97. The van der Waals surface area contributed by atoms with E-state index >= 15 is 0 Å². The van der Waals surface area contributed by atoms with Crippen molar-refractivity contribution < 1.29 is 0 Å². The molecule has 0 bridgehead atoms. The fraction of sp³-hybridized carbons (Fsp3) is 0.400. The van der Waals surface area contributed by atoms with Gasteiger partial charge in [-0.05, 0) is 24.1 Å². The minimum absolute atomic E-state index is 0.533. The zero-order valence-corrected chi connectivity index (χ0v) is 8.30. The lowest BCUT2D eigenvalue weighted by Crippen LogP contribution is -2.13.